The van der Waals surface area contributed by atoms with E-state index in [1.807, 2.05) is 50.2 Å². The molecule has 5 nitrogen and oxygen atoms in total. The standard InChI is InChI=1S/C17H21NO4S/c1-12(2)9-16(17(19)20)18-23(21,22)11-13-7-8-14-5-3-4-6-15(14)10-13/h3-8,10,12,16,18H,9,11H2,1-2H3,(H,19,20)/t16-/m0/s1. The number of carboxylic acids is 1. The zero-order valence-corrected chi connectivity index (χ0v) is 14.0. The van der Waals surface area contributed by atoms with Crippen LogP contribution >= 0.6 is 0 Å². The number of nitrogens with one attached hydrogen (secondary N) is 1. The Morgan fingerprint density at radius 3 is 2.39 bits per heavy atom. The summed E-state index contributed by atoms with van der Waals surface area (Å²) in [4.78, 5) is 11.2. The van der Waals surface area contributed by atoms with Crippen LogP contribution in [0.15, 0.2) is 42.5 Å². The van der Waals surface area contributed by atoms with Crippen molar-refractivity contribution >= 4 is 26.8 Å². The molecule has 23 heavy (non-hydrogen) atoms. The number of carboxylic acid groups (broad SMARTS) is 1. The van der Waals surface area contributed by atoms with Crippen molar-refractivity contribution in [3.63, 3.8) is 0 Å². The van der Waals surface area contributed by atoms with Crippen LogP contribution < -0.4 is 4.72 Å². The zero-order chi connectivity index (χ0) is 17.0. The maximum Gasteiger partial charge on any atom is 0.321 e. The van der Waals surface area contributed by atoms with Gasteiger partial charge in [0.2, 0.25) is 10.0 Å². The molecule has 0 saturated heterocycles. The molecule has 0 unspecified atom stereocenters. The first-order chi connectivity index (χ1) is 10.8. The molecule has 2 aromatic rings. The quantitative estimate of drug-likeness (QED) is 0.815. The fourth-order valence-corrected chi connectivity index (χ4v) is 3.81. The lowest BCUT2D eigenvalue weighted by atomic mass is 10.1. The van der Waals surface area contributed by atoms with E-state index in [-0.39, 0.29) is 18.1 Å². The Morgan fingerprint density at radius 2 is 1.78 bits per heavy atom. The summed E-state index contributed by atoms with van der Waals surface area (Å²) in [5, 5.41) is 11.2. The minimum Gasteiger partial charge on any atom is -0.480 e. The predicted octanol–water partition coefficient (Wildman–Crippen LogP) is 2.76. The largest absolute Gasteiger partial charge is 0.480 e. The van der Waals surface area contributed by atoms with Gasteiger partial charge in [0.1, 0.15) is 6.04 Å². The number of rotatable bonds is 7. The molecule has 0 heterocycles. The fraction of sp³-hybridized carbons (Fsp3) is 0.353. The zero-order valence-electron chi connectivity index (χ0n) is 13.2. The van der Waals surface area contributed by atoms with E-state index in [1.54, 1.807) is 6.07 Å². The Hall–Kier alpha value is -1.92. The monoisotopic (exact) mass is 335 g/mol. The highest BCUT2D eigenvalue weighted by Crippen LogP contribution is 2.17. The second-order valence-electron chi connectivity index (χ2n) is 6.08. The van der Waals surface area contributed by atoms with Crippen molar-refractivity contribution in [1.29, 1.82) is 0 Å². The van der Waals surface area contributed by atoms with Crippen molar-refractivity contribution in [2.75, 3.05) is 0 Å². The molecular weight excluding hydrogens is 314 g/mol. The molecule has 0 bridgehead atoms. The highest BCUT2D eigenvalue weighted by molar-refractivity contribution is 7.88. The van der Waals surface area contributed by atoms with Crippen molar-refractivity contribution in [3.05, 3.63) is 48.0 Å². The number of fused-ring (bicyclic) bond motifs is 1. The van der Waals surface area contributed by atoms with E-state index in [4.69, 9.17) is 5.11 Å². The van der Waals surface area contributed by atoms with Gasteiger partial charge in [0.05, 0.1) is 5.75 Å². The second kappa shape index (κ2) is 7.10. The van der Waals surface area contributed by atoms with Crippen LogP contribution in [0.25, 0.3) is 10.8 Å². The van der Waals surface area contributed by atoms with Gasteiger partial charge in [0, 0.05) is 0 Å². The van der Waals surface area contributed by atoms with Gasteiger partial charge in [0.25, 0.3) is 0 Å². The fourth-order valence-electron chi connectivity index (χ4n) is 2.48. The van der Waals surface area contributed by atoms with Gasteiger partial charge in [-0.3, -0.25) is 4.79 Å². The summed E-state index contributed by atoms with van der Waals surface area (Å²) in [5.41, 5.74) is 0.630. The molecule has 0 spiro atoms. The van der Waals surface area contributed by atoms with Crippen LogP contribution in [0.5, 0.6) is 0 Å². The van der Waals surface area contributed by atoms with Crippen LogP contribution in [-0.2, 0) is 20.6 Å². The van der Waals surface area contributed by atoms with Crippen LogP contribution in [0, 0.1) is 5.92 Å². The molecule has 0 aliphatic carbocycles. The molecule has 6 heteroatoms. The van der Waals surface area contributed by atoms with E-state index in [0.29, 0.717) is 5.56 Å². The van der Waals surface area contributed by atoms with Gasteiger partial charge in [0.15, 0.2) is 0 Å². The molecule has 2 N–H and O–H groups in total. The number of sulfonamides is 1. The van der Waals surface area contributed by atoms with E-state index in [1.165, 1.54) is 0 Å². The Bertz CT molecular complexity index is 799. The van der Waals surface area contributed by atoms with Gasteiger partial charge in [-0.2, -0.15) is 0 Å². The molecule has 0 saturated carbocycles. The molecule has 0 aliphatic heterocycles. The summed E-state index contributed by atoms with van der Waals surface area (Å²) in [6.45, 7) is 3.71. The third-order valence-corrected chi connectivity index (χ3v) is 4.85. The molecular formula is C17H21NO4S. The maximum absolute atomic E-state index is 12.3. The van der Waals surface area contributed by atoms with Gasteiger partial charge in [-0.1, -0.05) is 56.3 Å². The normalized spacial score (nSPS) is 13.3. The van der Waals surface area contributed by atoms with E-state index < -0.39 is 22.0 Å². The van der Waals surface area contributed by atoms with Gasteiger partial charge >= 0.3 is 5.97 Å². The molecule has 0 amide bonds. The third kappa shape index (κ3) is 5.04. The van der Waals surface area contributed by atoms with Crippen LogP contribution in [0.3, 0.4) is 0 Å². The van der Waals surface area contributed by atoms with Gasteiger partial charge in [-0.15, -0.1) is 0 Å². The van der Waals surface area contributed by atoms with Gasteiger partial charge in [-0.05, 0) is 28.7 Å². The molecule has 0 radical (unpaired) electrons. The number of hydrogen-bond donors (Lipinski definition) is 2. The van der Waals surface area contributed by atoms with Crippen molar-refractivity contribution in [2.45, 2.75) is 32.1 Å². The van der Waals surface area contributed by atoms with Gasteiger partial charge in [-0.25, -0.2) is 13.1 Å². The lowest BCUT2D eigenvalue weighted by molar-refractivity contribution is -0.139. The number of carbonyl (C=O) groups is 1. The molecule has 2 rings (SSSR count). The Morgan fingerprint density at radius 1 is 1.13 bits per heavy atom. The second-order valence-corrected chi connectivity index (χ2v) is 7.83. The van der Waals surface area contributed by atoms with Crippen molar-refractivity contribution in [2.24, 2.45) is 5.92 Å². The van der Waals surface area contributed by atoms with Crippen molar-refractivity contribution in [1.82, 2.24) is 4.72 Å². The summed E-state index contributed by atoms with van der Waals surface area (Å²) in [6, 6.07) is 12.0. The number of benzene rings is 2. The van der Waals surface area contributed by atoms with Crippen LogP contribution in [-0.4, -0.2) is 25.5 Å². The molecule has 2 aromatic carbocycles. The average Bonchev–Trinajstić information content (AvgIpc) is 2.45. The van der Waals surface area contributed by atoms with E-state index >= 15 is 0 Å². The summed E-state index contributed by atoms with van der Waals surface area (Å²) in [7, 11) is -3.72. The lowest BCUT2D eigenvalue weighted by Gasteiger charge is -2.16. The van der Waals surface area contributed by atoms with Gasteiger partial charge < -0.3 is 5.11 Å². The van der Waals surface area contributed by atoms with Crippen molar-refractivity contribution < 1.29 is 18.3 Å². The Balaban J connectivity index is 2.16. The van der Waals surface area contributed by atoms with E-state index in [9.17, 15) is 13.2 Å². The first-order valence-electron chi connectivity index (χ1n) is 7.47. The summed E-state index contributed by atoms with van der Waals surface area (Å²) < 4.78 is 26.8. The molecule has 1 atom stereocenters. The molecule has 124 valence electrons. The predicted molar refractivity (Wildman–Crippen MR) is 90.6 cm³/mol. The topological polar surface area (TPSA) is 83.5 Å². The number of hydrogen-bond acceptors (Lipinski definition) is 3. The van der Waals surface area contributed by atoms with E-state index in [2.05, 4.69) is 4.72 Å². The smallest absolute Gasteiger partial charge is 0.321 e. The molecule has 0 aliphatic rings. The Kier molecular flexibility index (Phi) is 5.38. The molecule has 0 fully saturated rings. The summed E-state index contributed by atoms with van der Waals surface area (Å²) >= 11 is 0. The third-order valence-electron chi connectivity index (χ3n) is 3.50. The van der Waals surface area contributed by atoms with Crippen LogP contribution in [0.2, 0.25) is 0 Å². The first kappa shape index (κ1) is 17.4. The highest BCUT2D eigenvalue weighted by Gasteiger charge is 2.25. The SMILES string of the molecule is CC(C)C[C@H](NS(=O)(=O)Cc1ccc2ccccc2c1)C(=O)O. The van der Waals surface area contributed by atoms with Crippen molar-refractivity contribution in [3.8, 4) is 0 Å². The lowest BCUT2D eigenvalue weighted by Crippen LogP contribution is -2.42. The maximum atomic E-state index is 12.3. The van der Waals surface area contributed by atoms with Crippen LogP contribution in [0.4, 0.5) is 0 Å². The minimum atomic E-state index is -3.72. The molecule has 0 aromatic heterocycles. The first-order valence-corrected chi connectivity index (χ1v) is 9.12. The summed E-state index contributed by atoms with van der Waals surface area (Å²) in [6.07, 6.45) is 0.256. The number of aliphatic carboxylic acids is 1. The average molecular weight is 335 g/mol. The summed E-state index contributed by atoms with van der Waals surface area (Å²) in [5.74, 6) is -1.31. The Labute approximate surface area is 136 Å². The minimum absolute atomic E-state index is 0.0828. The highest BCUT2D eigenvalue weighted by atomic mass is 32.2. The van der Waals surface area contributed by atoms with E-state index in [0.717, 1.165) is 10.8 Å². The van der Waals surface area contributed by atoms with Crippen LogP contribution in [0.1, 0.15) is 25.8 Å².